The fourth-order valence-electron chi connectivity index (χ4n) is 6.06. The lowest BCUT2D eigenvalue weighted by atomic mass is 9.50. The fraction of sp³-hybridized carbons (Fsp3) is 0.545. The highest BCUT2D eigenvalue weighted by Gasteiger charge is 2.71. The molecule has 1 spiro atoms. The number of benzene rings is 1. The molecule has 2 aliphatic heterocycles. The summed E-state index contributed by atoms with van der Waals surface area (Å²) in [5, 5.41) is 40.6. The number of likely N-dealkylation sites (N-methyl/N-ethyl adjacent to an activating group) is 1. The standard InChI is InChI=1S/C22H25NO8/c1-23-7-6-21-17-11-2-3-12(10-24)18(17)31-19(21)14(4-5-22(21,29)15(23)8-11)30-20(28)13(25)9-16(26)27/h2-4,13,15,19,24-25,29H,5-10H2,1H3,(H,26,27)/t13-,15+,19?,21?,22+/m0/s1. The van der Waals surface area contributed by atoms with Crippen LogP contribution in [-0.2, 0) is 32.8 Å². The number of likely N-dealkylation sites (tertiary alicyclic amines) is 1. The van der Waals surface area contributed by atoms with E-state index in [1.807, 2.05) is 19.2 Å². The Balaban J connectivity index is 1.61. The lowest BCUT2D eigenvalue weighted by molar-refractivity contribution is -0.173. The molecule has 0 radical (unpaired) electrons. The zero-order chi connectivity index (χ0) is 22.1. The Morgan fingerprint density at radius 3 is 2.87 bits per heavy atom. The van der Waals surface area contributed by atoms with Gasteiger partial charge in [-0.25, -0.2) is 4.79 Å². The second-order valence-electron chi connectivity index (χ2n) is 8.94. The molecule has 4 aliphatic rings. The molecule has 31 heavy (non-hydrogen) atoms. The molecule has 0 aromatic heterocycles. The van der Waals surface area contributed by atoms with Gasteiger partial charge >= 0.3 is 11.9 Å². The summed E-state index contributed by atoms with van der Waals surface area (Å²) in [6.45, 7) is 0.473. The molecule has 9 heteroatoms. The molecular formula is C22H25NO8. The Bertz CT molecular complexity index is 1010. The molecule has 1 aromatic rings. The van der Waals surface area contributed by atoms with Crippen molar-refractivity contribution in [3.8, 4) is 5.75 Å². The number of aliphatic hydroxyl groups is 3. The van der Waals surface area contributed by atoms with Crippen molar-refractivity contribution < 1.29 is 39.5 Å². The molecule has 2 bridgehead atoms. The molecule has 4 N–H and O–H groups in total. The molecule has 2 aliphatic carbocycles. The summed E-state index contributed by atoms with van der Waals surface area (Å²) in [5.41, 5.74) is 0.476. The van der Waals surface area contributed by atoms with Crippen LogP contribution in [0.3, 0.4) is 0 Å². The van der Waals surface area contributed by atoms with Crippen LogP contribution in [0.1, 0.15) is 36.0 Å². The fourth-order valence-corrected chi connectivity index (χ4v) is 6.06. The highest BCUT2D eigenvalue weighted by molar-refractivity contribution is 5.81. The van der Waals surface area contributed by atoms with Gasteiger partial charge in [-0.15, -0.1) is 0 Å². The van der Waals surface area contributed by atoms with Crippen molar-refractivity contribution in [3.63, 3.8) is 0 Å². The van der Waals surface area contributed by atoms with E-state index in [4.69, 9.17) is 14.6 Å². The van der Waals surface area contributed by atoms with Crippen molar-refractivity contribution >= 4 is 11.9 Å². The molecule has 1 fully saturated rings. The summed E-state index contributed by atoms with van der Waals surface area (Å²) < 4.78 is 11.7. The highest BCUT2D eigenvalue weighted by Crippen LogP contribution is 2.64. The number of esters is 1. The van der Waals surface area contributed by atoms with Gasteiger partial charge in [0.05, 0.1) is 24.0 Å². The molecule has 2 heterocycles. The zero-order valence-corrected chi connectivity index (χ0v) is 17.1. The van der Waals surface area contributed by atoms with Gasteiger partial charge in [0.2, 0.25) is 0 Å². The first-order valence-electron chi connectivity index (χ1n) is 10.4. The van der Waals surface area contributed by atoms with Gasteiger partial charge in [-0.1, -0.05) is 12.1 Å². The number of aliphatic hydroxyl groups excluding tert-OH is 2. The van der Waals surface area contributed by atoms with E-state index in [0.29, 0.717) is 30.7 Å². The normalized spacial score (nSPS) is 33.7. The van der Waals surface area contributed by atoms with Gasteiger partial charge in [-0.3, -0.25) is 4.79 Å². The van der Waals surface area contributed by atoms with Crippen LogP contribution in [0, 0.1) is 0 Å². The summed E-state index contributed by atoms with van der Waals surface area (Å²) in [7, 11) is 1.98. The summed E-state index contributed by atoms with van der Waals surface area (Å²) >= 11 is 0. The first-order valence-corrected chi connectivity index (χ1v) is 10.4. The highest BCUT2D eigenvalue weighted by atomic mass is 16.6. The largest absolute Gasteiger partial charge is 0.481 e. The van der Waals surface area contributed by atoms with Crippen molar-refractivity contribution in [1.29, 1.82) is 0 Å². The van der Waals surface area contributed by atoms with Gasteiger partial charge in [0.15, 0.2) is 12.2 Å². The summed E-state index contributed by atoms with van der Waals surface area (Å²) in [6.07, 6.45) is -0.358. The molecule has 0 saturated carbocycles. The van der Waals surface area contributed by atoms with E-state index in [1.54, 1.807) is 6.08 Å². The second-order valence-corrected chi connectivity index (χ2v) is 8.94. The Kier molecular flexibility index (Phi) is 4.46. The molecule has 1 aromatic carbocycles. The van der Waals surface area contributed by atoms with Gasteiger partial charge in [0.1, 0.15) is 11.5 Å². The van der Waals surface area contributed by atoms with E-state index in [2.05, 4.69) is 4.90 Å². The van der Waals surface area contributed by atoms with E-state index in [-0.39, 0.29) is 24.8 Å². The number of aliphatic carboxylic acids is 1. The van der Waals surface area contributed by atoms with Crippen molar-refractivity contribution in [2.24, 2.45) is 0 Å². The van der Waals surface area contributed by atoms with Gasteiger partial charge in [0, 0.05) is 23.6 Å². The van der Waals surface area contributed by atoms with E-state index in [1.165, 1.54) is 0 Å². The average molecular weight is 431 g/mol. The summed E-state index contributed by atoms with van der Waals surface area (Å²) in [6, 6.07) is 3.62. The van der Waals surface area contributed by atoms with Gasteiger partial charge in [0.25, 0.3) is 0 Å². The Labute approximate surface area is 178 Å². The first kappa shape index (κ1) is 20.4. The van der Waals surface area contributed by atoms with E-state index < -0.39 is 41.6 Å². The van der Waals surface area contributed by atoms with Crippen LogP contribution >= 0.6 is 0 Å². The topological polar surface area (TPSA) is 137 Å². The molecule has 166 valence electrons. The van der Waals surface area contributed by atoms with E-state index in [0.717, 1.165) is 11.1 Å². The predicted molar refractivity (Wildman–Crippen MR) is 105 cm³/mol. The second kappa shape index (κ2) is 6.77. The Hall–Kier alpha value is -2.46. The molecular weight excluding hydrogens is 406 g/mol. The zero-order valence-electron chi connectivity index (χ0n) is 17.1. The lowest BCUT2D eigenvalue weighted by Gasteiger charge is -2.61. The smallest absolute Gasteiger partial charge is 0.340 e. The molecule has 5 rings (SSSR count). The number of hydrogen-bond acceptors (Lipinski definition) is 8. The maximum Gasteiger partial charge on any atom is 0.340 e. The number of rotatable bonds is 5. The molecule has 1 saturated heterocycles. The monoisotopic (exact) mass is 431 g/mol. The summed E-state index contributed by atoms with van der Waals surface area (Å²) in [5.74, 6) is -1.71. The molecule has 0 amide bonds. The number of carboxylic acid groups (broad SMARTS) is 1. The Morgan fingerprint density at radius 1 is 1.39 bits per heavy atom. The SMILES string of the molecule is CN1CCC23c4c5ccc(CO)c4OC2C(OC(=O)[C@@H](O)CC(=O)O)=CC[C@@]3(O)[C@H]1C5. The Morgan fingerprint density at radius 2 is 2.16 bits per heavy atom. The van der Waals surface area contributed by atoms with Crippen LogP contribution in [0.2, 0.25) is 0 Å². The third kappa shape index (κ3) is 2.57. The first-order chi connectivity index (χ1) is 14.7. The van der Waals surface area contributed by atoms with Gasteiger partial charge < -0.3 is 34.8 Å². The third-order valence-electron chi connectivity index (χ3n) is 7.48. The van der Waals surface area contributed by atoms with Crippen LogP contribution in [-0.4, -0.2) is 74.7 Å². The minimum absolute atomic E-state index is 0.156. The third-order valence-corrected chi connectivity index (χ3v) is 7.48. The molecule has 9 nitrogen and oxygen atoms in total. The number of nitrogens with zero attached hydrogens (tertiary/aromatic N) is 1. The van der Waals surface area contributed by atoms with Crippen LogP contribution in [0.4, 0.5) is 0 Å². The minimum Gasteiger partial charge on any atom is -0.481 e. The van der Waals surface area contributed by atoms with Crippen molar-refractivity contribution in [2.45, 2.75) is 61.6 Å². The van der Waals surface area contributed by atoms with Crippen molar-refractivity contribution in [2.75, 3.05) is 13.6 Å². The molecule has 2 unspecified atom stereocenters. The number of carbonyl (C=O) groups is 2. The number of carbonyl (C=O) groups excluding carboxylic acids is 1. The van der Waals surface area contributed by atoms with E-state index in [9.17, 15) is 24.9 Å². The number of piperidine rings is 1. The minimum atomic E-state index is -1.80. The number of ether oxygens (including phenoxy) is 2. The predicted octanol–water partition coefficient (Wildman–Crippen LogP) is -0.165. The van der Waals surface area contributed by atoms with E-state index >= 15 is 0 Å². The van der Waals surface area contributed by atoms with Gasteiger partial charge in [-0.2, -0.15) is 0 Å². The van der Waals surface area contributed by atoms with Crippen molar-refractivity contribution in [3.05, 3.63) is 40.7 Å². The van der Waals surface area contributed by atoms with Crippen LogP contribution in [0.25, 0.3) is 0 Å². The van der Waals surface area contributed by atoms with Crippen molar-refractivity contribution in [1.82, 2.24) is 4.90 Å². The maximum absolute atomic E-state index is 12.4. The van der Waals surface area contributed by atoms with Gasteiger partial charge in [-0.05, 0) is 38.1 Å². The molecule has 5 atom stereocenters. The quantitative estimate of drug-likeness (QED) is 0.469. The summed E-state index contributed by atoms with van der Waals surface area (Å²) in [4.78, 5) is 25.3. The lowest BCUT2D eigenvalue weighted by Crippen LogP contribution is -2.74. The van der Waals surface area contributed by atoms with Crippen LogP contribution in [0.5, 0.6) is 5.75 Å². The van der Waals surface area contributed by atoms with Crippen LogP contribution in [0.15, 0.2) is 24.0 Å². The maximum atomic E-state index is 12.4. The van der Waals surface area contributed by atoms with Crippen LogP contribution < -0.4 is 4.74 Å². The number of hydrogen-bond donors (Lipinski definition) is 4. The number of carboxylic acids is 1. The average Bonchev–Trinajstić information content (AvgIpc) is 3.07.